The van der Waals surface area contributed by atoms with E-state index in [-0.39, 0.29) is 5.91 Å². The topological polar surface area (TPSA) is 58.1 Å². The number of nitrogens with one attached hydrogen (secondary N) is 1. The molecule has 0 bridgehead atoms. The number of amides is 1. The fourth-order valence-electron chi connectivity index (χ4n) is 2.49. The third-order valence-corrected chi connectivity index (χ3v) is 3.89. The van der Waals surface area contributed by atoms with Crippen LogP contribution in [0.5, 0.6) is 0 Å². The summed E-state index contributed by atoms with van der Waals surface area (Å²) in [6.07, 6.45) is 6.77. The Morgan fingerprint density at radius 3 is 2.52 bits per heavy atom. The molecule has 2 aromatic heterocycles. The summed E-state index contributed by atoms with van der Waals surface area (Å²) in [6, 6.07) is 15.8. The van der Waals surface area contributed by atoms with Crippen molar-refractivity contribution in [1.29, 1.82) is 0 Å². The van der Waals surface area contributed by atoms with E-state index >= 15 is 0 Å². The van der Waals surface area contributed by atoms with E-state index in [0.29, 0.717) is 12.1 Å². The van der Waals surface area contributed by atoms with Crippen molar-refractivity contribution in [2.75, 3.05) is 11.9 Å². The largest absolute Gasteiger partial charge is 0.369 e. The maximum Gasteiger partial charge on any atom is 0.253 e. The molecule has 0 spiro atoms. The van der Waals surface area contributed by atoms with Crippen molar-refractivity contribution in [2.24, 2.45) is 0 Å². The Morgan fingerprint density at radius 1 is 1.00 bits per heavy atom. The highest BCUT2D eigenvalue weighted by atomic mass is 16.1. The highest BCUT2D eigenvalue weighted by Gasteiger charge is 2.09. The molecule has 1 amide bonds. The van der Waals surface area contributed by atoms with Crippen LogP contribution in [0.25, 0.3) is 0 Å². The van der Waals surface area contributed by atoms with Gasteiger partial charge in [0.2, 0.25) is 0 Å². The molecular weight excluding hydrogens is 312 g/mol. The van der Waals surface area contributed by atoms with Gasteiger partial charge in [0.1, 0.15) is 0 Å². The number of pyridine rings is 2. The van der Waals surface area contributed by atoms with Gasteiger partial charge in [0.15, 0.2) is 0 Å². The third-order valence-electron chi connectivity index (χ3n) is 3.89. The fourth-order valence-corrected chi connectivity index (χ4v) is 2.49. The number of hydrogen-bond acceptors (Lipinski definition) is 4. The van der Waals surface area contributed by atoms with E-state index in [0.717, 1.165) is 17.8 Å². The standard InChI is InChI=1S/C20H20N4O/c1-24(15-17-5-3-2-4-6-17)19-11-18(13-22-14-19)20(25)23-12-16-7-9-21-10-8-16/h2-11,13-14H,12,15H2,1H3,(H,23,25). The Labute approximate surface area is 147 Å². The number of aromatic nitrogens is 2. The van der Waals surface area contributed by atoms with Crippen LogP contribution in [0.1, 0.15) is 21.5 Å². The zero-order valence-corrected chi connectivity index (χ0v) is 14.1. The number of rotatable bonds is 6. The Morgan fingerprint density at radius 2 is 1.76 bits per heavy atom. The van der Waals surface area contributed by atoms with Crippen molar-refractivity contribution >= 4 is 11.6 Å². The van der Waals surface area contributed by atoms with E-state index < -0.39 is 0 Å². The van der Waals surface area contributed by atoms with Crippen LogP contribution in [0, 0.1) is 0 Å². The van der Waals surface area contributed by atoms with E-state index in [1.54, 1.807) is 24.8 Å². The number of carbonyl (C=O) groups is 1. The summed E-state index contributed by atoms with van der Waals surface area (Å²) in [5, 5.41) is 2.91. The summed E-state index contributed by atoms with van der Waals surface area (Å²) in [7, 11) is 1.99. The van der Waals surface area contributed by atoms with Gasteiger partial charge in [-0.05, 0) is 29.3 Å². The van der Waals surface area contributed by atoms with Crippen LogP contribution < -0.4 is 10.2 Å². The predicted molar refractivity (Wildman–Crippen MR) is 98.2 cm³/mol. The van der Waals surface area contributed by atoms with Crippen LogP contribution in [-0.2, 0) is 13.1 Å². The summed E-state index contributed by atoms with van der Waals surface area (Å²) in [5.74, 6) is -0.140. The molecule has 5 heteroatoms. The fraction of sp³-hybridized carbons (Fsp3) is 0.150. The normalized spacial score (nSPS) is 10.3. The second-order valence-corrected chi connectivity index (χ2v) is 5.81. The summed E-state index contributed by atoms with van der Waals surface area (Å²) in [4.78, 5) is 22.6. The summed E-state index contributed by atoms with van der Waals surface area (Å²) in [5.41, 5.74) is 3.66. The lowest BCUT2D eigenvalue weighted by Gasteiger charge is -2.19. The molecule has 5 nitrogen and oxygen atoms in total. The SMILES string of the molecule is CN(Cc1ccccc1)c1cncc(C(=O)NCc2ccncc2)c1. The molecule has 0 aliphatic rings. The van der Waals surface area contributed by atoms with Crippen molar-refractivity contribution < 1.29 is 4.79 Å². The highest BCUT2D eigenvalue weighted by Crippen LogP contribution is 2.16. The van der Waals surface area contributed by atoms with Crippen LogP contribution in [0.15, 0.2) is 73.3 Å². The lowest BCUT2D eigenvalue weighted by atomic mass is 10.2. The van der Waals surface area contributed by atoms with Crippen LogP contribution in [0.3, 0.4) is 0 Å². The Kier molecular flexibility index (Phi) is 5.36. The monoisotopic (exact) mass is 332 g/mol. The molecule has 0 saturated carbocycles. The number of carbonyl (C=O) groups excluding carboxylic acids is 1. The van der Waals surface area contributed by atoms with Crippen LogP contribution in [0.4, 0.5) is 5.69 Å². The van der Waals surface area contributed by atoms with Gasteiger partial charge in [0, 0.05) is 38.7 Å². The lowest BCUT2D eigenvalue weighted by Crippen LogP contribution is -2.24. The molecule has 3 rings (SSSR count). The third kappa shape index (κ3) is 4.64. The molecule has 0 unspecified atom stereocenters. The Balaban J connectivity index is 1.65. The molecule has 126 valence electrons. The van der Waals surface area contributed by atoms with Gasteiger partial charge in [0.25, 0.3) is 5.91 Å². The predicted octanol–water partition coefficient (Wildman–Crippen LogP) is 3.04. The first kappa shape index (κ1) is 16.6. The maximum atomic E-state index is 12.4. The summed E-state index contributed by atoms with van der Waals surface area (Å²) < 4.78 is 0. The van der Waals surface area contributed by atoms with Gasteiger partial charge in [-0.3, -0.25) is 14.8 Å². The second-order valence-electron chi connectivity index (χ2n) is 5.81. The van der Waals surface area contributed by atoms with E-state index in [1.165, 1.54) is 5.56 Å². The molecule has 0 saturated heterocycles. The first-order valence-corrected chi connectivity index (χ1v) is 8.09. The first-order chi connectivity index (χ1) is 12.2. The van der Waals surface area contributed by atoms with Crippen LogP contribution in [0.2, 0.25) is 0 Å². The molecule has 0 radical (unpaired) electrons. The zero-order chi connectivity index (χ0) is 17.5. The average Bonchev–Trinajstić information content (AvgIpc) is 2.68. The van der Waals surface area contributed by atoms with Gasteiger partial charge in [-0.2, -0.15) is 0 Å². The maximum absolute atomic E-state index is 12.4. The summed E-state index contributed by atoms with van der Waals surface area (Å²) in [6.45, 7) is 1.22. The van der Waals surface area contributed by atoms with Crippen molar-refractivity contribution in [1.82, 2.24) is 15.3 Å². The molecular formula is C20H20N4O. The van der Waals surface area contributed by atoms with Gasteiger partial charge in [-0.15, -0.1) is 0 Å². The first-order valence-electron chi connectivity index (χ1n) is 8.09. The molecule has 1 aromatic carbocycles. The van der Waals surface area contributed by atoms with E-state index in [4.69, 9.17) is 0 Å². The van der Waals surface area contributed by atoms with Gasteiger partial charge in [0.05, 0.1) is 17.4 Å². The zero-order valence-electron chi connectivity index (χ0n) is 14.1. The van der Waals surface area contributed by atoms with Gasteiger partial charge in [-0.25, -0.2) is 0 Å². The molecule has 0 aliphatic carbocycles. The molecule has 1 N–H and O–H groups in total. The molecule has 0 fully saturated rings. The highest BCUT2D eigenvalue weighted by molar-refractivity contribution is 5.94. The minimum Gasteiger partial charge on any atom is -0.369 e. The van der Waals surface area contributed by atoms with Gasteiger partial charge in [-0.1, -0.05) is 30.3 Å². The van der Waals surface area contributed by atoms with Gasteiger partial charge >= 0.3 is 0 Å². The van der Waals surface area contributed by atoms with Crippen molar-refractivity contribution in [3.05, 3.63) is 90.0 Å². The van der Waals surface area contributed by atoms with Crippen molar-refractivity contribution in [3.8, 4) is 0 Å². The van der Waals surface area contributed by atoms with E-state index in [1.807, 2.05) is 43.4 Å². The van der Waals surface area contributed by atoms with Gasteiger partial charge < -0.3 is 10.2 Å². The van der Waals surface area contributed by atoms with E-state index in [2.05, 4.69) is 32.3 Å². The Hall–Kier alpha value is -3.21. The number of benzene rings is 1. The number of anilines is 1. The molecule has 3 aromatic rings. The smallest absolute Gasteiger partial charge is 0.253 e. The lowest BCUT2D eigenvalue weighted by molar-refractivity contribution is 0.0950. The quantitative estimate of drug-likeness (QED) is 0.754. The minimum atomic E-state index is -0.140. The average molecular weight is 332 g/mol. The van der Waals surface area contributed by atoms with Crippen molar-refractivity contribution in [3.63, 3.8) is 0 Å². The van der Waals surface area contributed by atoms with Crippen LogP contribution >= 0.6 is 0 Å². The molecule has 0 atom stereocenters. The summed E-state index contributed by atoms with van der Waals surface area (Å²) >= 11 is 0. The van der Waals surface area contributed by atoms with Crippen LogP contribution in [-0.4, -0.2) is 22.9 Å². The second kappa shape index (κ2) is 8.06. The molecule has 2 heterocycles. The van der Waals surface area contributed by atoms with Crippen molar-refractivity contribution in [2.45, 2.75) is 13.1 Å². The molecule has 25 heavy (non-hydrogen) atoms. The molecule has 0 aliphatic heterocycles. The number of nitrogens with zero attached hydrogens (tertiary/aromatic N) is 3. The number of hydrogen-bond donors (Lipinski definition) is 1. The Bertz CT molecular complexity index is 821. The van der Waals surface area contributed by atoms with E-state index in [9.17, 15) is 4.79 Å². The minimum absolute atomic E-state index is 0.140.